The first kappa shape index (κ1) is 15.0. The van der Waals surface area contributed by atoms with Crippen LogP contribution in [0.1, 0.15) is 30.7 Å². The van der Waals surface area contributed by atoms with Crippen LogP contribution in [-0.2, 0) is 9.84 Å². The van der Waals surface area contributed by atoms with Gasteiger partial charge in [0.1, 0.15) is 9.84 Å². The summed E-state index contributed by atoms with van der Waals surface area (Å²) in [6, 6.07) is 1.89. The van der Waals surface area contributed by atoms with Crippen LogP contribution in [0.2, 0.25) is 5.02 Å². The van der Waals surface area contributed by atoms with Crippen LogP contribution in [0.4, 0.5) is 0 Å². The molecule has 1 aromatic heterocycles. The fourth-order valence-corrected chi connectivity index (χ4v) is 3.49. The lowest BCUT2D eigenvalue weighted by molar-refractivity contribution is 0.520. The Balaban J connectivity index is 2.71. The zero-order valence-electron chi connectivity index (χ0n) is 10.1. The summed E-state index contributed by atoms with van der Waals surface area (Å²) in [6.07, 6.45) is 2.84. The fourth-order valence-electron chi connectivity index (χ4n) is 1.53. The molecule has 0 aliphatic heterocycles. The molecular formula is C11H18ClNO2S2. The van der Waals surface area contributed by atoms with Crippen LogP contribution in [0.3, 0.4) is 0 Å². The Labute approximate surface area is 112 Å². The van der Waals surface area contributed by atoms with Gasteiger partial charge in [-0.2, -0.15) is 0 Å². The maximum atomic E-state index is 11.2. The molecule has 1 unspecified atom stereocenters. The van der Waals surface area contributed by atoms with E-state index in [9.17, 15) is 8.42 Å². The van der Waals surface area contributed by atoms with Gasteiger partial charge in [-0.3, -0.25) is 0 Å². The quantitative estimate of drug-likeness (QED) is 0.841. The molecule has 0 saturated heterocycles. The fraction of sp³-hybridized carbons (Fsp3) is 0.636. The van der Waals surface area contributed by atoms with E-state index in [1.54, 1.807) is 11.3 Å². The van der Waals surface area contributed by atoms with Crippen molar-refractivity contribution in [2.24, 2.45) is 0 Å². The molecule has 1 atom stereocenters. The molecule has 3 nitrogen and oxygen atoms in total. The average molecular weight is 296 g/mol. The Kier molecular flexibility index (Phi) is 5.92. The van der Waals surface area contributed by atoms with Gasteiger partial charge < -0.3 is 5.32 Å². The number of rotatable bonds is 7. The van der Waals surface area contributed by atoms with E-state index in [1.165, 1.54) is 6.26 Å². The molecule has 1 heterocycles. The second kappa shape index (κ2) is 6.73. The molecule has 98 valence electrons. The highest BCUT2D eigenvalue weighted by atomic mass is 35.5. The molecule has 1 aromatic rings. The predicted octanol–water partition coefficient (Wildman–Crippen LogP) is 2.88. The third-order valence-electron chi connectivity index (χ3n) is 2.38. The molecule has 0 saturated carbocycles. The summed E-state index contributed by atoms with van der Waals surface area (Å²) >= 11 is 7.65. The number of halogens is 1. The molecule has 0 aromatic carbocycles. The number of nitrogens with one attached hydrogen (secondary N) is 1. The van der Waals surface area contributed by atoms with Crippen LogP contribution in [0, 0.1) is 0 Å². The Morgan fingerprint density at radius 3 is 2.71 bits per heavy atom. The minimum atomic E-state index is -2.93. The standard InChI is InChI=1S/C11H18ClNO2S2/c1-3-6-13-10(5-8-17(2,14)15)11-9(12)4-7-16-11/h4,7,10,13H,3,5-6,8H2,1-2H3. The highest BCUT2D eigenvalue weighted by Gasteiger charge is 2.17. The average Bonchev–Trinajstić information content (AvgIpc) is 2.63. The van der Waals surface area contributed by atoms with Crippen LogP contribution >= 0.6 is 22.9 Å². The van der Waals surface area contributed by atoms with Crippen molar-refractivity contribution in [1.82, 2.24) is 5.32 Å². The van der Waals surface area contributed by atoms with E-state index in [-0.39, 0.29) is 11.8 Å². The van der Waals surface area contributed by atoms with E-state index in [0.717, 1.165) is 22.9 Å². The minimum Gasteiger partial charge on any atom is -0.309 e. The van der Waals surface area contributed by atoms with Crippen LogP contribution in [0.15, 0.2) is 11.4 Å². The molecule has 1 rings (SSSR count). The summed E-state index contributed by atoms with van der Waals surface area (Å²) in [7, 11) is -2.93. The highest BCUT2D eigenvalue weighted by molar-refractivity contribution is 7.90. The van der Waals surface area contributed by atoms with Gasteiger partial charge in [-0.15, -0.1) is 11.3 Å². The Morgan fingerprint density at radius 2 is 2.24 bits per heavy atom. The lowest BCUT2D eigenvalue weighted by Crippen LogP contribution is -2.24. The number of thiophene rings is 1. The Bertz CT molecular complexity index is 442. The maximum Gasteiger partial charge on any atom is 0.147 e. The van der Waals surface area contributed by atoms with Crippen molar-refractivity contribution in [3.8, 4) is 0 Å². The lowest BCUT2D eigenvalue weighted by Gasteiger charge is -2.17. The summed E-state index contributed by atoms with van der Waals surface area (Å²) in [5.41, 5.74) is 0. The molecule has 0 aliphatic rings. The van der Waals surface area contributed by atoms with Gasteiger partial charge in [0.05, 0.1) is 10.8 Å². The maximum absolute atomic E-state index is 11.2. The van der Waals surface area contributed by atoms with Crippen LogP contribution in [0.25, 0.3) is 0 Å². The highest BCUT2D eigenvalue weighted by Crippen LogP contribution is 2.30. The topological polar surface area (TPSA) is 46.2 Å². The molecule has 6 heteroatoms. The summed E-state index contributed by atoms with van der Waals surface area (Å²) in [4.78, 5) is 1.03. The van der Waals surface area contributed by atoms with Gasteiger partial charge in [0.25, 0.3) is 0 Å². The molecule has 0 spiro atoms. The third-order valence-corrected chi connectivity index (χ3v) is 4.83. The second-order valence-electron chi connectivity index (χ2n) is 4.06. The monoisotopic (exact) mass is 295 g/mol. The summed E-state index contributed by atoms with van der Waals surface area (Å²) in [5, 5.41) is 6.00. The number of hydrogen-bond donors (Lipinski definition) is 1. The molecule has 0 fully saturated rings. The SMILES string of the molecule is CCCNC(CCS(C)(=O)=O)c1sccc1Cl. The van der Waals surface area contributed by atoms with Crippen molar-refractivity contribution in [3.05, 3.63) is 21.3 Å². The van der Waals surface area contributed by atoms with E-state index in [0.29, 0.717) is 6.42 Å². The van der Waals surface area contributed by atoms with Crippen molar-refractivity contribution >= 4 is 32.8 Å². The van der Waals surface area contributed by atoms with Gasteiger partial charge in [0, 0.05) is 17.2 Å². The number of hydrogen-bond acceptors (Lipinski definition) is 4. The van der Waals surface area contributed by atoms with Crippen molar-refractivity contribution < 1.29 is 8.42 Å². The largest absolute Gasteiger partial charge is 0.309 e. The van der Waals surface area contributed by atoms with Crippen molar-refractivity contribution in [1.29, 1.82) is 0 Å². The van der Waals surface area contributed by atoms with E-state index in [4.69, 9.17) is 11.6 Å². The Hall–Kier alpha value is -0.100. The van der Waals surface area contributed by atoms with Gasteiger partial charge in [-0.05, 0) is 30.8 Å². The Morgan fingerprint density at radius 1 is 1.53 bits per heavy atom. The number of sulfone groups is 1. The van der Waals surface area contributed by atoms with Gasteiger partial charge in [0.2, 0.25) is 0 Å². The van der Waals surface area contributed by atoms with Crippen LogP contribution in [0.5, 0.6) is 0 Å². The van der Waals surface area contributed by atoms with Gasteiger partial charge in [-0.25, -0.2) is 8.42 Å². The summed E-state index contributed by atoms with van der Waals surface area (Å²) in [6.45, 7) is 2.94. The van der Waals surface area contributed by atoms with E-state index in [1.807, 2.05) is 11.4 Å². The summed E-state index contributed by atoms with van der Waals surface area (Å²) < 4.78 is 22.4. The van der Waals surface area contributed by atoms with Crippen molar-refractivity contribution in [2.45, 2.75) is 25.8 Å². The van der Waals surface area contributed by atoms with E-state index in [2.05, 4.69) is 12.2 Å². The van der Waals surface area contributed by atoms with E-state index >= 15 is 0 Å². The molecule has 0 radical (unpaired) electrons. The van der Waals surface area contributed by atoms with Gasteiger partial charge in [-0.1, -0.05) is 18.5 Å². The van der Waals surface area contributed by atoms with Crippen molar-refractivity contribution in [2.75, 3.05) is 18.6 Å². The van der Waals surface area contributed by atoms with Crippen molar-refractivity contribution in [3.63, 3.8) is 0 Å². The van der Waals surface area contributed by atoms with Gasteiger partial charge >= 0.3 is 0 Å². The first-order valence-corrected chi connectivity index (χ1v) is 8.90. The first-order chi connectivity index (χ1) is 7.94. The molecule has 0 aliphatic carbocycles. The smallest absolute Gasteiger partial charge is 0.147 e. The zero-order valence-corrected chi connectivity index (χ0v) is 12.5. The molecular weight excluding hydrogens is 278 g/mol. The third kappa shape index (κ3) is 5.38. The van der Waals surface area contributed by atoms with Crippen LogP contribution < -0.4 is 5.32 Å². The molecule has 1 N–H and O–H groups in total. The second-order valence-corrected chi connectivity index (χ2v) is 7.67. The normalized spacial score (nSPS) is 13.8. The van der Waals surface area contributed by atoms with E-state index < -0.39 is 9.84 Å². The zero-order chi connectivity index (χ0) is 12.9. The van der Waals surface area contributed by atoms with Crippen LogP contribution in [-0.4, -0.2) is 27.0 Å². The summed E-state index contributed by atoms with van der Waals surface area (Å²) in [5.74, 6) is 0.183. The minimum absolute atomic E-state index is 0.0391. The first-order valence-electron chi connectivity index (χ1n) is 5.58. The lowest BCUT2D eigenvalue weighted by atomic mass is 10.2. The molecule has 17 heavy (non-hydrogen) atoms. The van der Waals surface area contributed by atoms with Gasteiger partial charge in [0.15, 0.2) is 0 Å². The molecule has 0 bridgehead atoms. The predicted molar refractivity (Wildman–Crippen MR) is 74.7 cm³/mol. The molecule has 0 amide bonds.